The molecule has 0 bridgehead atoms. The maximum Gasteiger partial charge on any atom is 0.331 e. The SMILES string of the molecule is Cc1ccc(-c2c3c(=O)n(C)c(=O)n(C)c3c3n2-c2ccccc2O[C@@H]3c2ccccc2F)cc1. The van der Waals surface area contributed by atoms with Gasteiger partial charge in [-0.3, -0.25) is 13.9 Å². The first-order valence-electron chi connectivity index (χ1n) is 11.3. The molecule has 3 heterocycles. The van der Waals surface area contributed by atoms with Crippen LogP contribution in [0.25, 0.3) is 27.8 Å². The number of halogens is 1. The first-order valence-corrected chi connectivity index (χ1v) is 11.3. The van der Waals surface area contributed by atoms with Gasteiger partial charge in [0, 0.05) is 19.7 Å². The van der Waals surface area contributed by atoms with E-state index in [0.717, 1.165) is 21.4 Å². The van der Waals surface area contributed by atoms with Gasteiger partial charge >= 0.3 is 5.69 Å². The van der Waals surface area contributed by atoms with Crippen LogP contribution in [0.5, 0.6) is 5.75 Å². The molecule has 0 amide bonds. The van der Waals surface area contributed by atoms with Crippen LogP contribution in [0, 0.1) is 12.7 Å². The highest BCUT2D eigenvalue weighted by Crippen LogP contribution is 2.46. The summed E-state index contributed by atoms with van der Waals surface area (Å²) >= 11 is 0. The van der Waals surface area contributed by atoms with Crippen molar-refractivity contribution < 1.29 is 9.13 Å². The van der Waals surface area contributed by atoms with Gasteiger partial charge in [0.15, 0.2) is 6.10 Å². The Balaban J connectivity index is 1.88. The molecule has 0 spiro atoms. The summed E-state index contributed by atoms with van der Waals surface area (Å²) in [5.41, 5.74) is 3.67. The highest BCUT2D eigenvalue weighted by molar-refractivity contribution is 5.98. The Morgan fingerprint density at radius 3 is 2.29 bits per heavy atom. The van der Waals surface area contributed by atoms with E-state index in [2.05, 4.69) is 0 Å². The number of aromatic nitrogens is 3. The third-order valence-electron chi connectivity index (χ3n) is 6.72. The molecule has 6 nitrogen and oxygen atoms in total. The fourth-order valence-electron chi connectivity index (χ4n) is 5.00. The van der Waals surface area contributed by atoms with Crippen LogP contribution < -0.4 is 16.0 Å². The van der Waals surface area contributed by atoms with E-state index in [4.69, 9.17) is 4.74 Å². The number of ether oxygens (including phenoxy) is 1. The van der Waals surface area contributed by atoms with E-state index < -0.39 is 23.2 Å². The van der Waals surface area contributed by atoms with Gasteiger partial charge in [-0.15, -0.1) is 0 Å². The van der Waals surface area contributed by atoms with E-state index in [0.29, 0.717) is 33.6 Å². The number of fused-ring (bicyclic) bond motifs is 5. The molecule has 0 fully saturated rings. The predicted octanol–water partition coefficient (Wildman–Crippen LogP) is 4.62. The maximum absolute atomic E-state index is 15.1. The van der Waals surface area contributed by atoms with Gasteiger partial charge in [0.1, 0.15) is 11.6 Å². The molecule has 0 N–H and O–H groups in total. The molecule has 6 rings (SSSR count). The molecule has 1 atom stereocenters. The van der Waals surface area contributed by atoms with Crippen molar-refractivity contribution in [3.05, 3.63) is 116 Å². The monoisotopic (exact) mass is 467 g/mol. The summed E-state index contributed by atoms with van der Waals surface area (Å²) in [4.78, 5) is 26.7. The molecule has 1 aliphatic heterocycles. The molecule has 5 aromatic rings. The molecule has 174 valence electrons. The molecular weight excluding hydrogens is 445 g/mol. The Hall–Kier alpha value is -4.39. The summed E-state index contributed by atoms with van der Waals surface area (Å²) in [7, 11) is 3.10. The topological polar surface area (TPSA) is 58.2 Å². The average Bonchev–Trinajstić information content (AvgIpc) is 3.23. The summed E-state index contributed by atoms with van der Waals surface area (Å²) in [6, 6.07) is 21.8. The molecule has 0 saturated heterocycles. The number of hydrogen-bond donors (Lipinski definition) is 0. The first kappa shape index (κ1) is 21.2. The van der Waals surface area contributed by atoms with Crippen LogP contribution in [0.3, 0.4) is 0 Å². The molecule has 3 aromatic carbocycles. The highest BCUT2D eigenvalue weighted by atomic mass is 19.1. The second-order valence-electron chi connectivity index (χ2n) is 8.85. The van der Waals surface area contributed by atoms with Crippen LogP contribution in [0.1, 0.15) is 22.9 Å². The van der Waals surface area contributed by atoms with E-state index in [1.807, 2.05) is 60.0 Å². The van der Waals surface area contributed by atoms with Gasteiger partial charge in [0.05, 0.1) is 28.0 Å². The van der Waals surface area contributed by atoms with Gasteiger partial charge in [-0.25, -0.2) is 9.18 Å². The minimum absolute atomic E-state index is 0.325. The second-order valence-corrected chi connectivity index (χ2v) is 8.85. The van der Waals surface area contributed by atoms with E-state index in [-0.39, 0.29) is 0 Å². The van der Waals surface area contributed by atoms with Crippen molar-refractivity contribution in [3.8, 4) is 22.7 Å². The largest absolute Gasteiger partial charge is 0.477 e. The summed E-state index contributed by atoms with van der Waals surface area (Å²) in [5, 5.41) is 0.384. The van der Waals surface area contributed by atoms with Crippen LogP contribution in [-0.4, -0.2) is 13.7 Å². The number of hydrogen-bond acceptors (Lipinski definition) is 3. The fourth-order valence-corrected chi connectivity index (χ4v) is 5.00. The number of aryl methyl sites for hydroxylation is 2. The minimum Gasteiger partial charge on any atom is -0.477 e. The molecule has 2 aromatic heterocycles. The van der Waals surface area contributed by atoms with Crippen molar-refractivity contribution >= 4 is 10.9 Å². The quantitative estimate of drug-likeness (QED) is 0.381. The standard InChI is InChI=1S/C28H22FN3O3/c1-16-12-14-17(15-13-16)23-22-24(30(2)28(34)31(3)27(22)33)25-26(18-8-4-5-9-19(18)29)35-21-11-7-6-10-20(21)32(23)25/h4-15,26H,1-3H3/t26-/m1/s1. The van der Waals surface area contributed by atoms with Crippen molar-refractivity contribution in [1.29, 1.82) is 0 Å². The Morgan fingerprint density at radius 1 is 0.857 bits per heavy atom. The lowest BCUT2D eigenvalue weighted by atomic mass is 10.0. The van der Waals surface area contributed by atoms with Gasteiger partial charge in [-0.1, -0.05) is 60.2 Å². The summed E-state index contributed by atoms with van der Waals surface area (Å²) < 4.78 is 26.0. The molecule has 0 radical (unpaired) electrons. The first-order chi connectivity index (χ1) is 16.9. The van der Waals surface area contributed by atoms with Crippen LogP contribution in [-0.2, 0) is 14.1 Å². The molecule has 0 unspecified atom stereocenters. The number of rotatable bonds is 2. The lowest BCUT2D eigenvalue weighted by molar-refractivity contribution is 0.224. The van der Waals surface area contributed by atoms with Gasteiger partial charge in [-0.05, 0) is 30.7 Å². The Labute approximate surface area is 200 Å². The minimum atomic E-state index is -0.870. The van der Waals surface area contributed by atoms with Crippen LogP contribution >= 0.6 is 0 Å². The highest BCUT2D eigenvalue weighted by Gasteiger charge is 2.37. The van der Waals surface area contributed by atoms with E-state index in [1.54, 1.807) is 25.2 Å². The van der Waals surface area contributed by atoms with Crippen molar-refractivity contribution in [2.75, 3.05) is 0 Å². The molecule has 0 aliphatic carbocycles. The van der Waals surface area contributed by atoms with Crippen molar-refractivity contribution in [2.24, 2.45) is 14.1 Å². The predicted molar refractivity (Wildman–Crippen MR) is 133 cm³/mol. The van der Waals surface area contributed by atoms with E-state index >= 15 is 4.39 Å². The zero-order valence-electron chi connectivity index (χ0n) is 19.4. The second kappa shape index (κ2) is 7.56. The van der Waals surface area contributed by atoms with Crippen LogP contribution in [0.2, 0.25) is 0 Å². The zero-order chi connectivity index (χ0) is 24.4. The Kier molecular flexibility index (Phi) is 4.57. The van der Waals surface area contributed by atoms with Crippen molar-refractivity contribution in [3.63, 3.8) is 0 Å². The van der Waals surface area contributed by atoms with Gasteiger partial charge < -0.3 is 9.30 Å². The molecule has 7 heteroatoms. The smallest absolute Gasteiger partial charge is 0.331 e. The normalized spacial score (nSPS) is 14.5. The third kappa shape index (κ3) is 2.94. The molecule has 0 saturated carbocycles. The maximum atomic E-state index is 15.1. The Morgan fingerprint density at radius 2 is 1.54 bits per heavy atom. The summed E-state index contributed by atoms with van der Waals surface area (Å²) in [6.45, 7) is 2.00. The van der Waals surface area contributed by atoms with Crippen molar-refractivity contribution in [1.82, 2.24) is 13.7 Å². The van der Waals surface area contributed by atoms with E-state index in [9.17, 15) is 9.59 Å². The molecular formula is C28H22FN3O3. The number of para-hydroxylation sites is 2. The van der Waals surface area contributed by atoms with Crippen molar-refractivity contribution in [2.45, 2.75) is 13.0 Å². The van der Waals surface area contributed by atoms with Gasteiger partial charge in [0.2, 0.25) is 0 Å². The lowest BCUT2D eigenvalue weighted by Crippen LogP contribution is -2.37. The molecule has 35 heavy (non-hydrogen) atoms. The van der Waals surface area contributed by atoms with Gasteiger partial charge in [-0.2, -0.15) is 0 Å². The summed E-state index contributed by atoms with van der Waals surface area (Å²) in [5.74, 6) is 0.132. The summed E-state index contributed by atoms with van der Waals surface area (Å²) in [6.07, 6.45) is -0.870. The van der Waals surface area contributed by atoms with Crippen LogP contribution in [0.4, 0.5) is 4.39 Å². The van der Waals surface area contributed by atoms with Gasteiger partial charge in [0.25, 0.3) is 5.56 Å². The molecule has 1 aliphatic rings. The Bertz CT molecular complexity index is 1760. The average molecular weight is 468 g/mol. The van der Waals surface area contributed by atoms with E-state index in [1.165, 1.54) is 17.7 Å². The number of nitrogens with zero attached hydrogens (tertiary/aromatic N) is 3. The zero-order valence-corrected chi connectivity index (χ0v) is 19.4. The van der Waals surface area contributed by atoms with Crippen LogP contribution in [0.15, 0.2) is 82.4 Å². The lowest BCUT2D eigenvalue weighted by Gasteiger charge is -2.30. The number of benzene rings is 3. The fraction of sp³-hybridized carbons (Fsp3) is 0.143. The third-order valence-corrected chi connectivity index (χ3v) is 6.72.